The number of aromatic nitrogens is 1. The minimum Gasteiger partial charge on any atom is -0.300 e. The first-order chi connectivity index (χ1) is 9.15. The van der Waals surface area contributed by atoms with Gasteiger partial charge in [-0.15, -0.1) is 11.3 Å². The molecule has 3 rings (SSSR count). The minimum atomic E-state index is 0.128. The molecule has 1 aromatic heterocycles. The Hall–Kier alpha value is -1.48. The molecule has 0 aliphatic heterocycles. The van der Waals surface area contributed by atoms with E-state index in [0.717, 1.165) is 35.5 Å². The van der Waals surface area contributed by atoms with Crippen molar-refractivity contribution in [2.75, 3.05) is 0 Å². The fourth-order valence-electron chi connectivity index (χ4n) is 2.74. The quantitative estimate of drug-likeness (QED) is 0.840. The van der Waals surface area contributed by atoms with Gasteiger partial charge in [-0.2, -0.15) is 0 Å². The smallest absolute Gasteiger partial charge is 0.133 e. The van der Waals surface area contributed by atoms with Crippen LogP contribution < -0.4 is 0 Å². The van der Waals surface area contributed by atoms with Crippen molar-refractivity contribution in [2.45, 2.75) is 32.6 Å². The Labute approximate surface area is 117 Å². The zero-order chi connectivity index (χ0) is 13.3. The predicted molar refractivity (Wildman–Crippen MR) is 78.2 cm³/mol. The van der Waals surface area contributed by atoms with Gasteiger partial charge in [-0.1, -0.05) is 37.3 Å². The van der Waals surface area contributed by atoms with Crippen LogP contribution in [-0.2, 0) is 11.2 Å². The second-order valence-corrected chi connectivity index (χ2v) is 6.64. The van der Waals surface area contributed by atoms with E-state index in [9.17, 15) is 4.79 Å². The van der Waals surface area contributed by atoms with Crippen LogP contribution in [0.2, 0.25) is 0 Å². The van der Waals surface area contributed by atoms with Gasteiger partial charge in [0.05, 0.1) is 10.7 Å². The predicted octanol–water partition coefficient (Wildman–Crippen LogP) is 4.11. The van der Waals surface area contributed by atoms with Crippen LogP contribution in [0, 0.1) is 5.41 Å². The van der Waals surface area contributed by atoms with Gasteiger partial charge in [0, 0.05) is 30.2 Å². The summed E-state index contributed by atoms with van der Waals surface area (Å²) in [5.41, 5.74) is 2.34. The maximum absolute atomic E-state index is 11.5. The molecule has 0 saturated heterocycles. The molecule has 0 amide bonds. The van der Waals surface area contributed by atoms with Crippen LogP contribution in [0.4, 0.5) is 0 Å². The van der Waals surface area contributed by atoms with Crippen molar-refractivity contribution in [1.29, 1.82) is 0 Å². The Morgan fingerprint density at radius 3 is 2.79 bits per heavy atom. The van der Waals surface area contributed by atoms with Gasteiger partial charge in [-0.25, -0.2) is 4.98 Å². The van der Waals surface area contributed by atoms with E-state index in [0.29, 0.717) is 12.2 Å². The molecule has 1 aliphatic rings. The molecule has 98 valence electrons. The van der Waals surface area contributed by atoms with Crippen molar-refractivity contribution in [3.05, 3.63) is 40.7 Å². The highest BCUT2D eigenvalue weighted by atomic mass is 32.1. The van der Waals surface area contributed by atoms with Gasteiger partial charge < -0.3 is 0 Å². The van der Waals surface area contributed by atoms with Crippen molar-refractivity contribution in [1.82, 2.24) is 4.98 Å². The van der Waals surface area contributed by atoms with Crippen LogP contribution in [0.1, 0.15) is 31.2 Å². The third-order valence-corrected chi connectivity index (χ3v) is 4.68. The summed E-state index contributed by atoms with van der Waals surface area (Å²) in [7, 11) is 0. The third-order valence-electron chi connectivity index (χ3n) is 3.83. The topological polar surface area (TPSA) is 30.0 Å². The fraction of sp³-hybridized carbons (Fsp3) is 0.375. The van der Waals surface area contributed by atoms with Crippen LogP contribution >= 0.6 is 11.3 Å². The second kappa shape index (κ2) is 4.89. The summed E-state index contributed by atoms with van der Waals surface area (Å²) in [6.07, 6.45) is 3.39. The summed E-state index contributed by atoms with van der Waals surface area (Å²) in [5.74, 6) is 0.405. The number of nitrogens with zero attached hydrogens (tertiary/aromatic N) is 1. The summed E-state index contributed by atoms with van der Waals surface area (Å²) in [5, 5.41) is 3.26. The molecule has 1 aromatic carbocycles. The van der Waals surface area contributed by atoms with E-state index in [2.05, 4.69) is 24.4 Å². The molecule has 2 aromatic rings. The average molecular weight is 271 g/mol. The third kappa shape index (κ3) is 2.76. The Balaban J connectivity index is 1.77. The maximum atomic E-state index is 11.5. The lowest BCUT2D eigenvalue weighted by atomic mass is 9.85. The standard InChI is InChI=1S/C16H17NOS/c1-16(8-7-13(18)9-16)10-15-17-14(11-19-15)12-5-3-2-4-6-12/h2-6,11H,7-10H2,1H3. The number of hydrogen-bond acceptors (Lipinski definition) is 3. The van der Waals surface area contributed by atoms with E-state index >= 15 is 0 Å². The van der Waals surface area contributed by atoms with E-state index in [1.165, 1.54) is 0 Å². The zero-order valence-electron chi connectivity index (χ0n) is 11.1. The Kier molecular flexibility index (Phi) is 3.23. The number of rotatable bonds is 3. The Morgan fingerprint density at radius 2 is 2.11 bits per heavy atom. The van der Waals surface area contributed by atoms with E-state index in [-0.39, 0.29) is 5.41 Å². The van der Waals surface area contributed by atoms with E-state index in [4.69, 9.17) is 4.98 Å². The number of ketones is 1. The molecule has 2 nitrogen and oxygen atoms in total. The van der Waals surface area contributed by atoms with Crippen molar-refractivity contribution in [2.24, 2.45) is 5.41 Å². The van der Waals surface area contributed by atoms with Crippen molar-refractivity contribution in [3.8, 4) is 11.3 Å². The highest BCUT2D eigenvalue weighted by Gasteiger charge is 2.34. The van der Waals surface area contributed by atoms with Crippen LogP contribution in [-0.4, -0.2) is 10.8 Å². The van der Waals surface area contributed by atoms with Gasteiger partial charge in [0.2, 0.25) is 0 Å². The van der Waals surface area contributed by atoms with Gasteiger partial charge in [0.1, 0.15) is 5.78 Å². The molecule has 0 radical (unpaired) electrons. The second-order valence-electron chi connectivity index (χ2n) is 5.70. The van der Waals surface area contributed by atoms with Crippen molar-refractivity contribution < 1.29 is 4.79 Å². The zero-order valence-corrected chi connectivity index (χ0v) is 11.9. The average Bonchev–Trinajstić information content (AvgIpc) is 2.98. The summed E-state index contributed by atoms with van der Waals surface area (Å²) in [6.45, 7) is 2.21. The molecule has 1 unspecified atom stereocenters. The SMILES string of the molecule is CC1(Cc2nc(-c3ccccc3)cs2)CCC(=O)C1. The molecular formula is C16H17NOS. The molecule has 19 heavy (non-hydrogen) atoms. The summed E-state index contributed by atoms with van der Waals surface area (Å²) in [4.78, 5) is 16.2. The molecule has 1 fully saturated rings. The molecule has 0 bridgehead atoms. The van der Waals surface area contributed by atoms with Crippen LogP contribution in [0.3, 0.4) is 0 Å². The highest BCUT2D eigenvalue weighted by Crippen LogP contribution is 2.39. The largest absolute Gasteiger partial charge is 0.300 e. The van der Waals surface area contributed by atoms with Crippen LogP contribution in [0.25, 0.3) is 11.3 Å². The Morgan fingerprint density at radius 1 is 1.32 bits per heavy atom. The van der Waals surface area contributed by atoms with E-state index in [1.54, 1.807) is 11.3 Å². The molecule has 3 heteroatoms. The number of Topliss-reactive ketones (excluding diaryl/α,β-unsaturated/α-hetero) is 1. The summed E-state index contributed by atoms with van der Waals surface area (Å²) < 4.78 is 0. The number of carbonyl (C=O) groups is 1. The monoisotopic (exact) mass is 271 g/mol. The molecule has 0 spiro atoms. The fourth-order valence-corrected chi connectivity index (χ4v) is 3.76. The normalized spacial score (nSPS) is 22.9. The molecule has 1 heterocycles. The number of thiazole rings is 1. The summed E-state index contributed by atoms with van der Waals surface area (Å²) in [6, 6.07) is 10.2. The molecular weight excluding hydrogens is 254 g/mol. The lowest BCUT2D eigenvalue weighted by molar-refractivity contribution is -0.117. The number of hydrogen-bond donors (Lipinski definition) is 0. The van der Waals surface area contributed by atoms with Crippen molar-refractivity contribution >= 4 is 17.1 Å². The summed E-state index contributed by atoms with van der Waals surface area (Å²) >= 11 is 1.71. The van der Waals surface area contributed by atoms with Gasteiger partial charge in [0.15, 0.2) is 0 Å². The van der Waals surface area contributed by atoms with E-state index in [1.807, 2.05) is 18.2 Å². The lowest BCUT2D eigenvalue weighted by Gasteiger charge is -2.20. The van der Waals surface area contributed by atoms with Gasteiger partial charge in [0.25, 0.3) is 0 Å². The maximum Gasteiger partial charge on any atom is 0.133 e. The first kappa shape index (κ1) is 12.5. The Bertz CT molecular complexity index is 590. The molecule has 1 saturated carbocycles. The van der Waals surface area contributed by atoms with Gasteiger partial charge >= 0.3 is 0 Å². The first-order valence-electron chi connectivity index (χ1n) is 6.66. The van der Waals surface area contributed by atoms with Crippen LogP contribution in [0.15, 0.2) is 35.7 Å². The minimum absolute atomic E-state index is 0.128. The van der Waals surface area contributed by atoms with Gasteiger partial charge in [-0.05, 0) is 11.8 Å². The number of benzene rings is 1. The number of carbonyl (C=O) groups excluding carboxylic acids is 1. The molecule has 1 aliphatic carbocycles. The van der Waals surface area contributed by atoms with Gasteiger partial charge in [-0.3, -0.25) is 4.79 Å². The van der Waals surface area contributed by atoms with Crippen LogP contribution in [0.5, 0.6) is 0 Å². The molecule has 0 N–H and O–H groups in total. The van der Waals surface area contributed by atoms with Crippen molar-refractivity contribution in [3.63, 3.8) is 0 Å². The van der Waals surface area contributed by atoms with E-state index < -0.39 is 0 Å². The highest BCUT2D eigenvalue weighted by molar-refractivity contribution is 7.09. The first-order valence-corrected chi connectivity index (χ1v) is 7.54. The lowest BCUT2D eigenvalue weighted by Crippen LogP contribution is -2.15. The molecule has 1 atom stereocenters.